The van der Waals surface area contributed by atoms with E-state index in [1.165, 1.54) is 25.9 Å². The molecule has 0 aromatic rings. The second-order valence-corrected chi connectivity index (χ2v) is 3.43. The van der Waals surface area contributed by atoms with Crippen LogP contribution in [0.4, 0.5) is 0 Å². The molecule has 11 heavy (non-hydrogen) atoms. The Morgan fingerprint density at radius 2 is 2.09 bits per heavy atom. The van der Waals surface area contributed by atoms with Gasteiger partial charge in [0, 0.05) is 13.1 Å². The molecule has 0 atom stereocenters. The van der Waals surface area contributed by atoms with Crippen molar-refractivity contribution >= 4 is 0 Å². The number of nitrogens with zero attached hydrogens (tertiary/aromatic N) is 1. The third-order valence-corrected chi connectivity index (χ3v) is 2.42. The van der Waals surface area contributed by atoms with E-state index in [1.807, 2.05) is 0 Å². The normalized spacial score (nSPS) is 22.4. The van der Waals surface area contributed by atoms with E-state index < -0.39 is 0 Å². The summed E-state index contributed by atoms with van der Waals surface area (Å²) in [4.78, 5) is 2.39. The zero-order valence-corrected chi connectivity index (χ0v) is 7.21. The van der Waals surface area contributed by atoms with Crippen molar-refractivity contribution in [1.82, 2.24) is 10.4 Å². The van der Waals surface area contributed by atoms with Crippen molar-refractivity contribution in [2.24, 2.45) is 5.92 Å². The van der Waals surface area contributed by atoms with Gasteiger partial charge in [-0.25, -0.2) is 5.48 Å². The molecule has 0 amide bonds. The van der Waals surface area contributed by atoms with Gasteiger partial charge in [0.05, 0.1) is 0 Å². The molecule has 0 unspecified atom stereocenters. The van der Waals surface area contributed by atoms with Crippen molar-refractivity contribution < 1.29 is 5.21 Å². The van der Waals surface area contributed by atoms with Crippen LogP contribution in [-0.4, -0.2) is 36.3 Å². The van der Waals surface area contributed by atoms with Gasteiger partial charge in [0.2, 0.25) is 0 Å². The molecule has 3 heteroatoms. The summed E-state index contributed by atoms with van der Waals surface area (Å²) in [7, 11) is 0. The van der Waals surface area contributed by atoms with Gasteiger partial charge in [-0.15, -0.1) is 0 Å². The van der Waals surface area contributed by atoms with Crippen LogP contribution in [0.25, 0.3) is 0 Å². The van der Waals surface area contributed by atoms with Crippen LogP contribution < -0.4 is 5.48 Å². The molecule has 0 radical (unpaired) electrons. The number of rotatable bonds is 3. The number of hydroxylamine groups is 1. The third-order valence-electron chi connectivity index (χ3n) is 2.42. The standard InChI is InChI=1S/C8H18N2O/c1-8-2-5-10(6-3-8)7-4-9-11/h8-9,11H,2-7H2,1H3. The molecule has 1 heterocycles. The van der Waals surface area contributed by atoms with Crippen molar-refractivity contribution in [2.75, 3.05) is 26.2 Å². The molecule has 0 aromatic heterocycles. The molecule has 0 aliphatic carbocycles. The summed E-state index contributed by atoms with van der Waals surface area (Å²) >= 11 is 0. The molecule has 0 bridgehead atoms. The average molecular weight is 158 g/mol. The van der Waals surface area contributed by atoms with Gasteiger partial charge in [0.1, 0.15) is 0 Å². The number of likely N-dealkylation sites (tertiary alicyclic amines) is 1. The molecule has 2 N–H and O–H groups in total. The fraction of sp³-hybridized carbons (Fsp3) is 1.00. The summed E-state index contributed by atoms with van der Waals surface area (Å²) in [5.74, 6) is 0.897. The molecule has 0 saturated carbocycles. The summed E-state index contributed by atoms with van der Waals surface area (Å²) in [5, 5.41) is 8.37. The number of hydrogen-bond acceptors (Lipinski definition) is 3. The number of piperidine rings is 1. The Morgan fingerprint density at radius 1 is 1.45 bits per heavy atom. The highest BCUT2D eigenvalue weighted by molar-refractivity contribution is 4.69. The lowest BCUT2D eigenvalue weighted by Crippen LogP contribution is -2.37. The van der Waals surface area contributed by atoms with Crippen LogP contribution in [0.1, 0.15) is 19.8 Å². The molecule has 1 rings (SSSR count). The van der Waals surface area contributed by atoms with Crippen molar-refractivity contribution in [2.45, 2.75) is 19.8 Å². The van der Waals surface area contributed by atoms with Crippen molar-refractivity contribution in [3.63, 3.8) is 0 Å². The predicted molar refractivity (Wildman–Crippen MR) is 44.6 cm³/mol. The largest absolute Gasteiger partial charge is 0.317 e. The van der Waals surface area contributed by atoms with Gasteiger partial charge in [0.15, 0.2) is 0 Å². The van der Waals surface area contributed by atoms with Crippen LogP contribution in [0.2, 0.25) is 0 Å². The van der Waals surface area contributed by atoms with E-state index in [-0.39, 0.29) is 0 Å². The minimum atomic E-state index is 0.689. The summed E-state index contributed by atoms with van der Waals surface area (Å²) < 4.78 is 0. The SMILES string of the molecule is CC1CCN(CCNO)CC1. The smallest absolute Gasteiger partial charge is 0.0335 e. The Kier molecular flexibility index (Phi) is 3.83. The van der Waals surface area contributed by atoms with Crippen LogP contribution in [0.5, 0.6) is 0 Å². The topological polar surface area (TPSA) is 35.5 Å². The Morgan fingerprint density at radius 3 is 2.64 bits per heavy atom. The van der Waals surface area contributed by atoms with E-state index in [0.29, 0.717) is 6.54 Å². The van der Waals surface area contributed by atoms with Crippen molar-refractivity contribution in [1.29, 1.82) is 0 Å². The monoisotopic (exact) mass is 158 g/mol. The Labute approximate surface area is 68.3 Å². The minimum Gasteiger partial charge on any atom is -0.317 e. The molecule has 0 aromatic carbocycles. The van der Waals surface area contributed by atoms with E-state index in [2.05, 4.69) is 17.3 Å². The van der Waals surface area contributed by atoms with Crippen LogP contribution >= 0.6 is 0 Å². The lowest BCUT2D eigenvalue weighted by atomic mass is 9.99. The Hall–Kier alpha value is -0.120. The van der Waals surface area contributed by atoms with Gasteiger partial charge in [-0.3, -0.25) is 0 Å². The van der Waals surface area contributed by atoms with Gasteiger partial charge in [-0.2, -0.15) is 0 Å². The molecule has 1 saturated heterocycles. The first kappa shape index (κ1) is 8.97. The molecule has 1 aliphatic rings. The first-order valence-electron chi connectivity index (χ1n) is 4.42. The maximum atomic E-state index is 8.37. The lowest BCUT2D eigenvalue weighted by molar-refractivity contribution is 0.131. The highest BCUT2D eigenvalue weighted by Gasteiger charge is 2.14. The predicted octanol–water partition coefficient (Wildman–Crippen LogP) is 0.697. The Bertz CT molecular complexity index is 97.5. The highest BCUT2D eigenvalue weighted by Crippen LogP contribution is 2.14. The first-order valence-corrected chi connectivity index (χ1v) is 4.42. The van der Waals surface area contributed by atoms with Gasteiger partial charge in [-0.1, -0.05) is 6.92 Å². The van der Waals surface area contributed by atoms with E-state index in [1.54, 1.807) is 0 Å². The quantitative estimate of drug-likeness (QED) is 0.593. The first-order chi connectivity index (χ1) is 5.33. The van der Waals surface area contributed by atoms with Crippen LogP contribution in [0, 0.1) is 5.92 Å². The zero-order chi connectivity index (χ0) is 8.10. The zero-order valence-electron chi connectivity index (χ0n) is 7.21. The molecule has 3 nitrogen and oxygen atoms in total. The van der Waals surface area contributed by atoms with Crippen LogP contribution in [-0.2, 0) is 0 Å². The second-order valence-electron chi connectivity index (χ2n) is 3.43. The number of nitrogens with one attached hydrogen (secondary N) is 1. The van der Waals surface area contributed by atoms with E-state index in [9.17, 15) is 0 Å². The van der Waals surface area contributed by atoms with Gasteiger partial charge >= 0.3 is 0 Å². The number of hydrogen-bond donors (Lipinski definition) is 2. The highest BCUT2D eigenvalue weighted by atomic mass is 16.5. The molecule has 0 spiro atoms. The minimum absolute atomic E-state index is 0.689. The Balaban J connectivity index is 2.07. The van der Waals surface area contributed by atoms with Gasteiger partial charge < -0.3 is 10.1 Å². The lowest BCUT2D eigenvalue weighted by Gasteiger charge is -2.29. The fourth-order valence-corrected chi connectivity index (χ4v) is 1.49. The van der Waals surface area contributed by atoms with Crippen molar-refractivity contribution in [3.05, 3.63) is 0 Å². The average Bonchev–Trinajstić information content (AvgIpc) is 2.04. The molecule has 66 valence electrons. The van der Waals surface area contributed by atoms with Crippen LogP contribution in [0.15, 0.2) is 0 Å². The van der Waals surface area contributed by atoms with E-state index in [0.717, 1.165) is 12.5 Å². The summed E-state index contributed by atoms with van der Waals surface area (Å²) in [5.41, 5.74) is 2.18. The summed E-state index contributed by atoms with van der Waals surface area (Å²) in [6, 6.07) is 0. The summed E-state index contributed by atoms with van der Waals surface area (Å²) in [6.07, 6.45) is 2.62. The van der Waals surface area contributed by atoms with E-state index >= 15 is 0 Å². The maximum absolute atomic E-state index is 8.37. The molecular formula is C8H18N2O. The van der Waals surface area contributed by atoms with Gasteiger partial charge in [0.25, 0.3) is 0 Å². The third kappa shape index (κ3) is 3.18. The van der Waals surface area contributed by atoms with Gasteiger partial charge in [-0.05, 0) is 31.8 Å². The fourth-order valence-electron chi connectivity index (χ4n) is 1.49. The second kappa shape index (κ2) is 4.70. The van der Waals surface area contributed by atoms with E-state index in [4.69, 9.17) is 5.21 Å². The molecular weight excluding hydrogens is 140 g/mol. The van der Waals surface area contributed by atoms with Crippen LogP contribution in [0.3, 0.4) is 0 Å². The molecule has 1 fully saturated rings. The summed E-state index contributed by atoms with van der Waals surface area (Å²) in [6.45, 7) is 6.37. The molecule has 1 aliphatic heterocycles. The maximum Gasteiger partial charge on any atom is 0.0335 e. The van der Waals surface area contributed by atoms with Crippen molar-refractivity contribution in [3.8, 4) is 0 Å².